The first-order chi connectivity index (χ1) is 11.3. The van der Waals surface area contributed by atoms with Crippen LogP contribution in [0, 0.1) is 6.92 Å². The molecule has 23 heavy (non-hydrogen) atoms. The van der Waals surface area contributed by atoms with Crippen LogP contribution < -0.4 is 5.43 Å². The number of anilines is 1. The van der Waals surface area contributed by atoms with E-state index in [1.807, 2.05) is 30.7 Å². The maximum atomic E-state index is 4.33. The molecule has 0 saturated heterocycles. The molecule has 116 valence electrons. The molecule has 0 spiro atoms. The van der Waals surface area contributed by atoms with Crippen molar-refractivity contribution < 1.29 is 0 Å². The number of hydrazone groups is 1. The molecule has 2 aromatic carbocycles. The molecule has 0 aliphatic rings. The lowest BCUT2D eigenvalue weighted by molar-refractivity contribution is 1.22. The highest BCUT2D eigenvalue weighted by Crippen LogP contribution is 2.25. The van der Waals surface area contributed by atoms with Crippen molar-refractivity contribution in [3.8, 4) is 11.1 Å². The SMILES string of the molecule is CSc1ccc(-c2ccccc2C=NNc2nc(C)cs2)cc1. The Bertz CT molecular complexity index is 807. The lowest BCUT2D eigenvalue weighted by atomic mass is 10.0. The van der Waals surface area contributed by atoms with Gasteiger partial charge in [-0.15, -0.1) is 23.1 Å². The Morgan fingerprint density at radius 1 is 1.13 bits per heavy atom. The van der Waals surface area contributed by atoms with Crippen LogP contribution in [0.3, 0.4) is 0 Å². The molecule has 0 radical (unpaired) electrons. The highest BCUT2D eigenvalue weighted by Gasteiger charge is 2.03. The van der Waals surface area contributed by atoms with E-state index >= 15 is 0 Å². The van der Waals surface area contributed by atoms with Crippen LogP contribution in [0.4, 0.5) is 5.13 Å². The molecule has 3 aromatic rings. The van der Waals surface area contributed by atoms with Gasteiger partial charge in [0.1, 0.15) is 0 Å². The van der Waals surface area contributed by atoms with Gasteiger partial charge in [-0.25, -0.2) is 4.98 Å². The number of aromatic nitrogens is 1. The summed E-state index contributed by atoms with van der Waals surface area (Å²) in [7, 11) is 0. The van der Waals surface area contributed by atoms with Gasteiger partial charge in [0.2, 0.25) is 5.13 Å². The van der Waals surface area contributed by atoms with Crippen LogP contribution in [0.15, 0.2) is 63.9 Å². The predicted octanol–water partition coefficient (Wildman–Crippen LogP) is 5.29. The second-order valence-corrected chi connectivity index (χ2v) is 6.72. The van der Waals surface area contributed by atoms with Crippen molar-refractivity contribution in [3.63, 3.8) is 0 Å². The third kappa shape index (κ3) is 4.00. The highest BCUT2D eigenvalue weighted by molar-refractivity contribution is 7.98. The van der Waals surface area contributed by atoms with E-state index in [0.29, 0.717) is 0 Å². The Morgan fingerprint density at radius 2 is 1.91 bits per heavy atom. The lowest BCUT2D eigenvalue weighted by Crippen LogP contribution is -1.92. The standard InChI is InChI=1S/C18H17N3S2/c1-13-12-23-18(20-13)21-19-11-15-5-3-4-6-17(15)14-7-9-16(22-2)10-8-14/h3-12H,1-2H3,(H,20,21). The van der Waals surface area contributed by atoms with Crippen molar-refractivity contribution in [2.24, 2.45) is 5.10 Å². The second kappa shape index (κ2) is 7.44. The molecule has 0 aliphatic carbocycles. The fraction of sp³-hybridized carbons (Fsp3) is 0.111. The van der Waals surface area contributed by atoms with Gasteiger partial charge >= 0.3 is 0 Å². The Hall–Kier alpha value is -2.11. The van der Waals surface area contributed by atoms with Crippen LogP contribution in [0.5, 0.6) is 0 Å². The van der Waals surface area contributed by atoms with Gasteiger partial charge < -0.3 is 0 Å². The zero-order chi connectivity index (χ0) is 16.1. The molecule has 0 aliphatic heterocycles. The van der Waals surface area contributed by atoms with E-state index in [2.05, 4.69) is 58.2 Å². The summed E-state index contributed by atoms with van der Waals surface area (Å²) in [6.45, 7) is 1.97. The summed E-state index contributed by atoms with van der Waals surface area (Å²) in [6.07, 6.45) is 3.93. The number of thiazole rings is 1. The van der Waals surface area contributed by atoms with Crippen LogP contribution in [0.25, 0.3) is 11.1 Å². The van der Waals surface area contributed by atoms with Gasteiger partial charge in [0.05, 0.1) is 11.9 Å². The predicted molar refractivity (Wildman–Crippen MR) is 102 cm³/mol. The molecule has 0 unspecified atom stereocenters. The minimum atomic E-state index is 0.806. The van der Waals surface area contributed by atoms with Crippen LogP contribution in [-0.2, 0) is 0 Å². The maximum Gasteiger partial charge on any atom is 0.203 e. The number of nitrogens with zero attached hydrogens (tertiary/aromatic N) is 2. The van der Waals surface area contributed by atoms with Crippen molar-refractivity contribution >= 4 is 34.4 Å². The van der Waals surface area contributed by atoms with Gasteiger partial charge in [-0.2, -0.15) is 5.10 Å². The van der Waals surface area contributed by atoms with E-state index < -0.39 is 0 Å². The average molecular weight is 339 g/mol. The second-order valence-electron chi connectivity index (χ2n) is 4.98. The van der Waals surface area contributed by atoms with E-state index in [1.54, 1.807) is 23.1 Å². The number of hydrogen-bond acceptors (Lipinski definition) is 5. The van der Waals surface area contributed by atoms with Crippen molar-refractivity contribution in [2.75, 3.05) is 11.7 Å². The molecule has 3 rings (SSSR count). The van der Waals surface area contributed by atoms with Crippen molar-refractivity contribution in [2.45, 2.75) is 11.8 Å². The van der Waals surface area contributed by atoms with Crippen molar-refractivity contribution in [1.82, 2.24) is 4.98 Å². The summed E-state index contributed by atoms with van der Waals surface area (Å²) in [5.74, 6) is 0. The lowest BCUT2D eigenvalue weighted by Gasteiger charge is -2.06. The number of hydrogen-bond donors (Lipinski definition) is 1. The van der Waals surface area contributed by atoms with E-state index in [4.69, 9.17) is 0 Å². The number of nitrogens with one attached hydrogen (secondary N) is 1. The van der Waals surface area contributed by atoms with Gasteiger partial charge in [-0.1, -0.05) is 36.4 Å². The first-order valence-corrected chi connectivity index (χ1v) is 9.31. The zero-order valence-electron chi connectivity index (χ0n) is 13.0. The Kier molecular flexibility index (Phi) is 5.10. The Morgan fingerprint density at radius 3 is 2.61 bits per heavy atom. The molecule has 0 fully saturated rings. The summed E-state index contributed by atoms with van der Waals surface area (Å²) in [5.41, 5.74) is 7.42. The largest absolute Gasteiger partial charge is 0.253 e. The summed E-state index contributed by atoms with van der Waals surface area (Å²) in [5, 5.41) is 7.12. The summed E-state index contributed by atoms with van der Waals surface area (Å²) >= 11 is 3.30. The van der Waals surface area contributed by atoms with E-state index in [0.717, 1.165) is 16.4 Å². The summed E-state index contributed by atoms with van der Waals surface area (Å²) in [4.78, 5) is 5.60. The number of thioether (sulfide) groups is 1. The Labute approximate surface area is 144 Å². The number of aryl methyl sites for hydroxylation is 1. The third-order valence-electron chi connectivity index (χ3n) is 3.34. The minimum Gasteiger partial charge on any atom is -0.253 e. The molecular formula is C18H17N3S2. The monoisotopic (exact) mass is 339 g/mol. The molecule has 0 amide bonds. The molecular weight excluding hydrogens is 322 g/mol. The fourth-order valence-corrected chi connectivity index (χ4v) is 3.25. The van der Waals surface area contributed by atoms with Gasteiger partial charge in [0.15, 0.2) is 0 Å². The van der Waals surface area contributed by atoms with Gasteiger partial charge in [0, 0.05) is 15.8 Å². The normalized spacial score (nSPS) is 11.0. The average Bonchev–Trinajstić information content (AvgIpc) is 3.01. The number of rotatable bonds is 5. The van der Waals surface area contributed by atoms with Crippen LogP contribution in [0.1, 0.15) is 11.3 Å². The topological polar surface area (TPSA) is 37.3 Å². The first kappa shape index (κ1) is 15.8. The molecule has 3 nitrogen and oxygen atoms in total. The molecule has 0 bridgehead atoms. The highest BCUT2D eigenvalue weighted by atomic mass is 32.2. The quantitative estimate of drug-likeness (QED) is 0.390. The minimum absolute atomic E-state index is 0.806. The summed E-state index contributed by atoms with van der Waals surface area (Å²) < 4.78 is 0. The van der Waals surface area contributed by atoms with E-state index in [1.165, 1.54) is 16.0 Å². The van der Waals surface area contributed by atoms with Crippen molar-refractivity contribution in [1.29, 1.82) is 0 Å². The van der Waals surface area contributed by atoms with Crippen LogP contribution >= 0.6 is 23.1 Å². The number of benzene rings is 2. The van der Waals surface area contributed by atoms with Gasteiger partial charge in [-0.05, 0) is 36.4 Å². The zero-order valence-corrected chi connectivity index (χ0v) is 14.6. The molecule has 1 heterocycles. The van der Waals surface area contributed by atoms with Gasteiger partial charge in [0.25, 0.3) is 0 Å². The van der Waals surface area contributed by atoms with E-state index in [-0.39, 0.29) is 0 Å². The molecule has 5 heteroatoms. The molecule has 0 saturated carbocycles. The summed E-state index contributed by atoms with van der Waals surface area (Å²) in [6, 6.07) is 16.8. The van der Waals surface area contributed by atoms with Crippen LogP contribution in [-0.4, -0.2) is 17.5 Å². The third-order valence-corrected chi connectivity index (χ3v) is 4.95. The first-order valence-electron chi connectivity index (χ1n) is 7.21. The van der Waals surface area contributed by atoms with Crippen molar-refractivity contribution in [3.05, 3.63) is 65.2 Å². The smallest absolute Gasteiger partial charge is 0.203 e. The Balaban J connectivity index is 1.82. The fourth-order valence-electron chi connectivity index (χ4n) is 2.21. The molecule has 0 atom stereocenters. The molecule has 1 N–H and O–H groups in total. The van der Waals surface area contributed by atoms with E-state index in [9.17, 15) is 0 Å². The van der Waals surface area contributed by atoms with Crippen LogP contribution in [0.2, 0.25) is 0 Å². The van der Waals surface area contributed by atoms with Gasteiger partial charge in [-0.3, -0.25) is 5.43 Å². The maximum absolute atomic E-state index is 4.33. The molecule has 1 aromatic heterocycles.